The molecule has 4 rings (SSSR count). The maximum Gasteiger partial charge on any atom is 0.573 e. The number of aromatic nitrogens is 3. The number of alkyl halides is 3. The van der Waals surface area contributed by atoms with Crippen LogP contribution >= 0.6 is 0 Å². The molecule has 9 nitrogen and oxygen atoms in total. The molecule has 0 unspecified atom stereocenters. The number of nitrogens with one attached hydrogen (secondary N) is 3. The largest absolute Gasteiger partial charge is 0.573 e. The lowest BCUT2D eigenvalue weighted by Gasteiger charge is -2.14. The summed E-state index contributed by atoms with van der Waals surface area (Å²) in [6.07, 6.45) is -2.04. The summed E-state index contributed by atoms with van der Waals surface area (Å²) in [5, 5.41) is 6.09. The molecule has 0 aliphatic carbocycles. The van der Waals surface area contributed by atoms with Gasteiger partial charge in [-0.3, -0.25) is 4.72 Å². The van der Waals surface area contributed by atoms with Gasteiger partial charge in [0.2, 0.25) is 0 Å². The molecule has 0 radical (unpaired) electrons. The van der Waals surface area contributed by atoms with E-state index in [1.54, 1.807) is 36.5 Å². The Bertz CT molecular complexity index is 1400. The Morgan fingerprint density at radius 2 is 1.40 bits per heavy atom. The molecule has 0 amide bonds. The molecule has 2 aromatic carbocycles. The first kappa shape index (κ1) is 23.8. The van der Waals surface area contributed by atoms with Crippen molar-refractivity contribution in [3.63, 3.8) is 0 Å². The highest BCUT2D eigenvalue weighted by molar-refractivity contribution is 7.92. The fraction of sp³-hybridized carbons (Fsp3) is 0.0455. The lowest BCUT2D eigenvalue weighted by molar-refractivity contribution is -0.275. The van der Waals surface area contributed by atoms with Crippen LogP contribution in [0, 0.1) is 0 Å². The monoisotopic (exact) mass is 502 g/mol. The van der Waals surface area contributed by atoms with Crippen molar-refractivity contribution >= 4 is 38.9 Å². The van der Waals surface area contributed by atoms with Crippen molar-refractivity contribution in [2.45, 2.75) is 11.3 Å². The molecule has 3 N–H and O–H groups in total. The summed E-state index contributed by atoms with van der Waals surface area (Å²) in [7, 11) is -4.35. The number of hydrogen-bond acceptors (Lipinski definition) is 8. The van der Waals surface area contributed by atoms with Crippen LogP contribution in [0.3, 0.4) is 0 Å². The van der Waals surface area contributed by atoms with Gasteiger partial charge in [0.15, 0.2) is 0 Å². The first-order valence-corrected chi connectivity index (χ1v) is 11.4. The summed E-state index contributed by atoms with van der Waals surface area (Å²) >= 11 is 0. The Hall–Kier alpha value is -4.39. The van der Waals surface area contributed by atoms with E-state index in [9.17, 15) is 21.6 Å². The molecular formula is C22H17F3N6O3S. The second-order valence-electron chi connectivity index (χ2n) is 6.93. The summed E-state index contributed by atoms with van der Waals surface area (Å²) in [6, 6.07) is 17.6. The van der Waals surface area contributed by atoms with Crippen LogP contribution < -0.4 is 20.1 Å². The summed E-state index contributed by atoms with van der Waals surface area (Å²) in [4.78, 5) is 11.8. The number of pyridine rings is 1. The van der Waals surface area contributed by atoms with Gasteiger partial charge in [-0.1, -0.05) is 18.2 Å². The predicted octanol–water partition coefficient (Wildman–Crippen LogP) is 5.06. The smallest absolute Gasteiger partial charge is 0.404 e. The van der Waals surface area contributed by atoms with E-state index < -0.39 is 27.0 Å². The SMILES string of the molecule is O=S(=O)(Nc1ccc(Nc2cc(Nc3ccccn3)ncn2)cc1)c1ccccc1OC(F)(F)F. The van der Waals surface area contributed by atoms with Gasteiger partial charge >= 0.3 is 6.36 Å². The van der Waals surface area contributed by atoms with Crippen molar-refractivity contribution in [2.24, 2.45) is 0 Å². The topological polar surface area (TPSA) is 118 Å². The number of nitrogens with zero attached hydrogens (tertiary/aromatic N) is 3. The van der Waals surface area contributed by atoms with Crippen LogP contribution in [0.4, 0.5) is 42.0 Å². The van der Waals surface area contributed by atoms with Gasteiger partial charge in [-0.25, -0.2) is 23.4 Å². The molecular weight excluding hydrogens is 485 g/mol. The lowest BCUT2D eigenvalue weighted by Crippen LogP contribution is -2.20. The maximum atomic E-state index is 12.7. The Kier molecular flexibility index (Phi) is 6.68. The van der Waals surface area contributed by atoms with Gasteiger partial charge in [-0.15, -0.1) is 13.2 Å². The van der Waals surface area contributed by atoms with E-state index in [-0.39, 0.29) is 5.69 Å². The van der Waals surface area contributed by atoms with Crippen LogP contribution in [0.15, 0.2) is 90.2 Å². The van der Waals surface area contributed by atoms with Crippen molar-refractivity contribution in [3.8, 4) is 5.75 Å². The van der Waals surface area contributed by atoms with Crippen molar-refractivity contribution in [2.75, 3.05) is 15.4 Å². The molecule has 0 atom stereocenters. The minimum Gasteiger partial charge on any atom is -0.404 e. The summed E-state index contributed by atoms with van der Waals surface area (Å²) in [5.41, 5.74) is 0.716. The van der Waals surface area contributed by atoms with Crippen LogP contribution in [0.5, 0.6) is 5.75 Å². The number of benzene rings is 2. The van der Waals surface area contributed by atoms with Crippen LogP contribution in [0.1, 0.15) is 0 Å². The quantitative estimate of drug-likeness (QED) is 0.306. The Morgan fingerprint density at radius 3 is 2.09 bits per heavy atom. The first-order chi connectivity index (χ1) is 16.7. The second kappa shape index (κ2) is 9.85. The van der Waals surface area contributed by atoms with Gasteiger partial charge in [0.05, 0.1) is 0 Å². The Morgan fingerprint density at radius 1 is 0.743 bits per heavy atom. The fourth-order valence-corrected chi connectivity index (χ4v) is 4.11. The average Bonchev–Trinajstić information content (AvgIpc) is 2.80. The molecule has 2 aromatic heterocycles. The zero-order valence-electron chi connectivity index (χ0n) is 17.7. The van der Waals surface area contributed by atoms with Gasteiger partial charge in [-0.05, 0) is 48.5 Å². The molecule has 0 fully saturated rings. The number of sulfonamides is 1. The molecule has 13 heteroatoms. The zero-order valence-corrected chi connectivity index (χ0v) is 18.5. The van der Waals surface area contributed by atoms with E-state index in [0.29, 0.717) is 23.1 Å². The van der Waals surface area contributed by atoms with Crippen LogP contribution in [-0.2, 0) is 10.0 Å². The number of halogens is 3. The molecule has 0 aliphatic heterocycles. The first-order valence-electron chi connectivity index (χ1n) is 9.93. The molecule has 35 heavy (non-hydrogen) atoms. The lowest BCUT2D eigenvalue weighted by atomic mass is 10.3. The highest BCUT2D eigenvalue weighted by atomic mass is 32.2. The minimum absolute atomic E-state index is 0.137. The number of para-hydroxylation sites is 1. The molecule has 2 heterocycles. The van der Waals surface area contributed by atoms with Crippen LogP contribution in [0.25, 0.3) is 0 Å². The third-order valence-corrected chi connectivity index (χ3v) is 5.78. The average molecular weight is 502 g/mol. The zero-order chi connectivity index (χ0) is 24.9. The Labute approximate surface area is 198 Å². The van der Waals surface area contributed by atoms with Gasteiger partial charge in [0.1, 0.15) is 34.4 Å². The summed E-state index contributed by atoms with van der Waals surface area (Å²) in [6.45, 7) is 0. The molecule has 0 aliphatic rings. The molecule has 0 saturated carbocycles. The van der Waals surface area contributed by atoms with Crippen LogP contribution in [0.2, 0.25) is 0 Å². The Balaban J connectivity index is 1.45. The third-order valence-electron chi connectivity index (χ3n) is 4.36. The summed E-state index contributed by atoms with van der Waals surface area (Å²) < 4.78 is 69.3. The van der Waals surface area contributed by atoms with E-state index in [4.69, 9.17) is 0 Å². The van der Waals surface area contributed by atoms with Crippen LogP contribution in [-0.4, -0.2) is 29.7 Å². The predicted molar refractivity (Wildman–Crippen MR) is 123 cm³/mol. The van der Waals surface area contributed by atoms with Gasteiger partial charge in [0, 0.05) is 23.6 Å². The van der Waals surface area contributed by atoms with Gasteiger partial charge < -0.3 is 15.4 Å². The van der Waals surface area contributed by atoms with Gasteiger partial charge in [-0.2, -0.15) is 0 Å². The molecule has 180 valence electrons. The molecule has 0 spiro atoms. The standard InChI is InChI=1S/C22H17F3N6O3S/c23-22(24,25)34-17-5-1-2-6-18(17)35(32,33)31-16-10-8-15(9-11-16)29-20-13-21(28-14-27-20)30-19-7-3-4-12-26-19/h1-14,31H,(H2,26,27,28,29,30). The van der Waals surface area contributed by atoms with E-state index in [2.05, 4.69) is 35.0 Å². The highest BCUT2D eigenvalue weighted by Crippen LogP contribution is 2.31. The van der Waals surface area contributed by atoms with E-state index in [1.807, 2.05) is 6.07 Å². The van der Waals surface area contributed by atoms with Crippen molar-refractivity contribution in [3.05, 3.63) is 85.3 Å². The van der Waals surface area contributed by atoms with Crippen molar-refractivity contribution in [1.82, 2.24) is 15.0 Å². The normalized spacial score (nSPS) is 11.5. The second-order valence-corrected chi connectivity index (χ2v) is 8.58. The number of ether oxygens (including phenoxy) is 1. The van der Waals surface area contributed by atoms with Crippen molar-refractivity contribution < 1.29 is 26.3 Å². The van der Waals surface area contributed by atoms with E-state index in [0.717, 1.165) is 12.1 Å². The van der Waals surface area contributed by atoms with E-state index in [1.165, 1.54) is 30.6 Å². The van der Waals surface area contributed by atoms with Crippen molar-refractivity contribution in [1.29, 1.82) is 0 Å². The number of hydrogen-bond donors (Lipinski definition) is 3. The highest BCUT2D eigenvalue weighted by Gasteiger charge is 2.34. The number of anilines is 5. The van der Waals surface area contributed by atoms with Gasteiger partial charge in [0.25, 0.3) is 10.0 Å². The molecule has 0 saturated heterocycles. The fourth-order valence-electron chi connectivity index (χ4n) is 2.92. The molecule has 4 aromatic rings. The number of rotatable bonds is 8. The maximum absolute atomic E-state index is 12.7. The minimum atomic E-state index is -5.03. The third kappa shape index (κ3) is 6.57. The molecule has 0 bridgehead atoms. The summed E-state index contributed by atoms with van der Waals surface area (Å²) in [5.74, 6) is 0.746. The van der Waals surface area contributed by atoms with E-state index >= 15 is 0 Å².